The number of carbonyl (C=O) groups is 1. The molecule has 178 valence electrons. The largest absolute Gasteiger partial charge is 0.493 e. The molecule has 7 nitrogen and oxygen atoms in total. The van der Waals surface area contributed by atoms with E-state index in [4.69, 9.17) is 20.6 Å². The van der Waals surface area contributed by atoms with Gasteiger partial charge in [-0.15, -0.1) is 6.42 Å². The summed E-state index contributed by atoms with van der Waals surface area (Å²) in [7, 11) is 1.61. The maximum Gasteiger partial charge on any atom is 0.305 e. The Kier molecular flexibility index (Phi) is 9.53. The molecule has 0 saturated carbocycles. The molecule has 0 unspecified atom stereocenters. The summed E-state index contributed by atoms with van der Waals surface area (Å²) in [6.07, 6.45) is 11.1. The first-order valence-electron chi connectivity index (χ1n) is 11.5. The standard InChI is InChI=1S/C27H31N3O4/c1-4-20-11-10-12-21(15-20)18-28-27-22-16-25(24(32-3)17-23(22)29-19-30-27)34-14-9-7-6-8-13-26(31)33-5-2/h1,10-12,15-17,19H,5-9,13-14,18H2,2-3H3,(H,28,29,30). The van der Waals surface area contributed by atoms with Gasteiger partial charge in [-0.05, 0) is 43.5 Å². The second-order valence-electron chi connectivity index (χ2n) is 7.76. The minimum Gasteiger partial charge on any atom is -0.493 e. The average Bonchev–Trinajstić information content (AvgIpc) is 2.86. The zero-order valence-corrected chi connectivity index (χ0v) is 19.8. The Morgan fingerprint density at radius 3 is 2.74 bits per heavy atom. The van der Waals surface area contributed by atoms with Gasteiger partial charge < -0.3 is 19.5 Å². The van der Waals surface area contributed by atoms with Gasteiger partial charge in [-0.25, -0.2) is 9.97 Å². The van der Waals surface area contributed by atoms with E-state index in [0.717, 1.165) is 47.7 Å². The number of methoxy groups -OCH3 is 1. The zero-order valence-electron chi connectivity index (χ0n) is 19.8. The third-order valence-electron chi connectivity index (χ3n) is 5.31. The van der Waals surface area contributed by atoms with Crippen LogP contribution < -0.4 is 14.8 Å². The van der Waals surface area contributed by atoms with Gasteiger partial charge in [-0.3, -0.25) is 4.79 Å². The lowest BCUT2D eigenvalue weighted by molar-refractivity contribution is -0.143. The summed E-state index contributed by atoms with van der Waals surface area (Å²) >= 11 is 0. The van der Waals surface area contributed by atoms with Crippen LogP contribution in [-0.4, -0.2) is 36.3 Å². The monoisotopic (exact) mass is 461 g/mol. The molecule has 0 radical (unpaired) electrons. The molecular weight excluding hydrogens is 430 g/mol. The van der Waals surface area contributed by atoms with Crippen LogP contribution >= 0.6 is 0 Å². The van der Waals surface area contributed by atoms with E-state index in [-0.39, 0.29) is 5.97 Å². The van der Waals surface area contributed by atoms with E-state index in [1.807, 2.05) is 43.3 Å². The van der Waals surface area contributed by atoms with Gasteiger partial charge in [0.05, 0.1) is 25.8 Å². The molecule has 1 N–H and O–H groups in total. The number of unbranched alkanes of at least 4 members (excludes halogenated alkanes) is 3. The van der Waals surface area contributed by atoms with Gasteiger partial charge in [-0.2, -0.15) is 0 Å². The summed E-state index contributed by atoms with van der Waals surface area (Å²) in [6.45, 7) is 3.38. The van der Waals surface area contributed by atoms with Gasteiger partial charge in [0.2, 0.25) is 0 Å². The Balaban J connectivity index is 1.61. The van der Waals surface area contributed by atoms with E-state index in [1.165, 1.54) is 6.33 Å². The molecule has 0 spiro atoms. The fraction of sp³-hybridized carbons (Fsp3) is 0.370. The topological polar surface area (TPSA) is 82.6 Å². The Morgan fingerprint density at radius 1 is 1.09 bits per heavy atom. The van der Waals surface area contributed by atoms with E-state index < -0.39 is 0 Å². The number of ether oxygens (including phenoxy) is 3. The predicted octanol–water partition coefficient (Wildman–Crippen LogP) is 5.12. The van der Waals surface area contributed by atoms with E-state index in [2.05, 4.69) is 21.2 Å². The Bertz CT molecular complexity index is 1140. The highest BCUT2D eigenvalue weighted by Crippen LogP contribution is 2.34. The van der Waals surface area contributed by atoms with Crippen LogP contribution in [0.5, 0.6) is 11.5 Å². The number of terminal acetylenes is 1. The van der Waals surface area contributed by atoms with Crippen LogP contribution in [-0.2, 0) is 16.1 Å². The van der Waals surface area contributed by atoms with Gasteiger partial charge >= 0.3 is 5.97 Å². The third-order valence-corrected chi connectivity index (χ3v) is 5.31. The smallest absolute Gasteiger partial charge is 0.305 e. The fourth-order valence-corrected chi connectivity index (χ4v) is 3.57. The van der Waals surface area contributed by atoms with Crippen molar-refractivity contribution in [1.29, 1.82) is 0 Å². The van der Waals surface area contributed by atoms with Gasteiger partial charge in [-0.1, -0.05) is 30.9 Å². The first kappa shape index (κ1) is 24.8. The molecule has 2 aromatic carbocycles. The van der Waals surface area contributed by atoms with E-state index >= 15 is 0 Å². The number of anilines is 1. The Labute approximate surface area is 200 Å². The summed E-state index contributed by atoms with van der Waals surface area (Å²) in [5.41, 5.74) is 2.67. The van der Waals surface area contributed by atoms with Crippen LogP contribution in [0.2, 0.25) is 0 Å². The SMILES string of the molecule is C#Cc1cccc(CNc2ncnc3cc(OC)c(OCCCCCCC(=O)OCC)cc23)c1. The molecule has 0 saturated heterocycles. The summed E-state index contributed by atoms with van der Waals surface area (Å²) in [6, 6.07) is 11.6. The molecule has 1 heterocycles. The molecule has 3 aromatic rings. The van der Waals surface area contributed by atoms with Crippen LogP contribution in [0.4, 0.5) is 5.82 Å². The van der Waals surface area contributed by atoms with Gasteiger partial charge in [0, 0.05) is 30.0 Å². The zero-order chi connectivity index (χ0) is 24.2. The van der Waals surface area contributed by atoms with Crippen molar-refractivity contribution in [3.05, 3.63) is 53.9 Å². The van der Waals surface area contributed by atoms with Crippen LogP contribution in [0.25, 0.3) is 10.9 Å². The first-order chi connectivity index (χ1) is 16.6. The molecule has 34 heavy (non-hydrogen) atoms. The number of nitrogens with one attached hydrogen (secondary N) is 1. The van der Waals surface area contributed by atoms with Crippen molar-refractivity contribution in [3.8, 4) is 23.8 Å². The molecule has 0 amide bonds. The van der Waals surface area contributed by atoms with Crippen molar-refractivity contribution < 1.29 is 19.0 Å². The number of hydrogen-bond donors (Lipinski definition) is 1. The maximum absolute atomic E-state index is 11.4. The van der Waals surface area contributed by atoms with E-state index in [1.54, 1.807) is 7.11 Å². The highest BCUT2D eigenvalue weighted by atomic mass is 16.5. The second-order valence-corrected chi connectivity index (χ2v) is 7.76. The van der Waals surface area contributed by atoms with Gasteiger partial charge in [0.25, 0.3) is 0 Å². The number of rotatable bonds is 13. The van der Waals surface area contributed by atoms with E-state index in [0.29, 0.717) is 43.5 Å². The highest BCUT2D eigenvalue weighted by Gasteiger charge is 2.12. The second kappa shape index (κ2) is 13.0. The minimum absolute atomic E-state index is 0.130. The van der Waals surface area contributed by atoms with E-state index in [9.17, 15) is 4.79 Å². The number of carbonyl (C=O) groups excluding carboxylic acids is 1. The predicted molar refractivity (Wildman–Crippen MR) is 133 cm³/mol. The van der Waals surface area contributed by atoms with Gasteiger partial charge in [0.1, 0.15) is 12.1 Å². The molecule has 0 aliphatic carbocycles. The van der Waals surface area contributed by atoms with Crippen molar-refractivity contribution in [3.63, 3.8) is 0 Å². The molecule has 0 aliphatic rings. The number of benzene rings is 2. The third kappa shape index (κ3) is 7.11. The number of hydrogen-bond acceptors (Lipinski definition) is 7. The molecule has 7 heteroatoms. The highest BCUT2D eigenvalue weighted by molar-refractivity contribution is 5.91. The van der Waals surface area contributed by atoms with Crippen molar-refractivity contribution in [2.75, 3.05) is 25.6 Å². The molecule has 0 fully saturated rings. The van der Waals surface area contributed by atoms with Crippen LogP contribution in [0.1, 0.15) is 50.2 Å². The summed E-state index contributed by atoms with van der Waals surface area (Å²) in [5.74, 6) is 4.51. The summed E-state index contributed by atoms with van der Waals surface area (Å²) in [4.78, 5) is 20.2. The Hall–Kier alpha value is -3.79. The number of nitrogens with zero attached hydrogens (tertiary/aromatic N) is 2. The lowest BCUT2D eigenvalue weighted by atomic mass is 10.1. The fourth-order valence-electron chi connectivity index (χ4n) is 3.57. The first-order valence-corrected chi connectivity index (χ1v) is 11.5. The number of aromatic nitrogens is 2. The summed E-state index contributed by atoms with van der Waals surface area (Å²) in [5, 5.41) is 4.22. The lowest BCUT2D eigenvalue weighted by Crippen LogP contribution is -2.04. The molecule has 0 bridgehead atoms. The Morgan fingerprint density at radius 2 is 1.94 bits per heavy atom. The average molecular weight is 462 g/mol. The normalized spacial score (nSPS) is 10.5. The van der Waals surface area contributed by atoms with Crippen LogP contribution in [0.3, 0.4) is 0 Å². The maximum atomic E-state index is 11.4. The number of fused-ring (bicyclic) bond motifs is 1. The molecular formula is C27H31N3O4. The summed E-state index contributed by atoms with van der Waals surface area (Å²) < 4.78 is 16.5. The molecule has 1 aromatic heterocycles. The van der Waals surface area contributed by atoms with Crippen LogP contribution in [0.15, 0.2) is 42.7 Å². The van der Waals surface area contributed by atoms with Crippen molar-refractivity contribution in [2.24, 2.45) is 0 Å². The van der Waals surface area contributed by atoms with Crippen molar-refractivity contribution in [2.45, 2.75) is 45.6 Å². The quantitative estimate of drug-likeness (QED) is 0.215. The van der Waals surface area contributed by atoms with Gasteiger partial charge in [0.15, 0.2) is 11.5 Å². The van der Waals surface area contributed by atoms with Crippen LogP contribution in [0, 0.1) is 12.3 Å². The molecule has 0 atom stereocenters. The van der Waals surface area contributed by atoms with Crippen molar-refractivity contribution >= 4 is 22.7 Å². The minimum atomic E-state index is -0.130. The molecule has 3 rings (SSSR count). The van der Waals surface area contributed by atoms with Crippen molar-refractivity contribution in [1.82, 2.24) is 9.97 Å². The molecule has 0 aliphatic heterocycles. The lowest BCUT2D eigenvalue weighted by Gasteiger charge is -2.14. The number of esters is 1.